The van der Waals surface area contributed by atoms with Crippen molar-refractivity contribution in [1.82, 2.24) is 9.55 Å². The quantitative estimate of drug-likeness (QED) is 0.815. The van der Waals surface area contributed by atoms with Gasteiger partial charge in [0.2, 0.25) is 5.95 Å². The average molecular weight is 263 g/mol. The first kappa shape index (κ1) is 12.2. The molecule has 0 spiro atoms. The molecule has 102 valence electrons. The van der Waals surface area contributed by atoms with Crippen molar-refractivity contribution in [2.45, 2.75) is 44.7 Å². The molecule has 0 aromatic carbocycles. The first-order valence-electron chi connectivity index (χ1n) is 6.77. The summed E-state index contributed by atoms with van der Waals surface area (Å²) in [7, 11) is 0. The lowest BCUT2D eigenvalue weighted by Gasteiger charge is -2.25. The molecule has 1 fully saturated rings. The fourth-order valence-corrected chi connectivity index (χ4v) is 2.99. The fraction of sp³-hybridized carbons (Fsp3) is 0.615. The summed E-state index contributed by atoms with van der Waals surface area (Å²) in [6, 6.07) is 0.393. The number of ether oxygens (including phenoxy) is 1. The van der Waals surface area contributed by atoms with Crippen LogP contribution < -0.4 is 10.9 Å². The van der Waals surface area contributed by atoms with Gasteiger partial charge in [-0.1, -0.05) is 12.8 Å². The van der Waals surface area contributed by atoms with Crippen LogP contribution in [0, 0.1) is 0 Å². The van der Waals surface area contributed by atoms with Gasteiger partial charge in [0.05, 0.1) is 18.8 Å². The summed E-state index contributed by atoms with van der Waals surface area (Å²) in [6.45, 7) is 1.97. The van der Waals surface area contributed by atoms with E-state index in [0.29, 0.717) is 5.95 Å². The van der Waals surface area contributed by atoms with Crippen LogP contribution >= 0.6 is 0 Å². The molecule has 2 atom stereocenters. The summed E-state index contributed by atoms with van der Waals surface area (Å²) in [5, 5.41) is 3.28. The molecule has 6 nitrogen and oxygen atoms in total. The second-order valence-electron chi connectivity index (χ2n) is 4.99. The molecule has 1 aromatic heterocycles. The van der Waals surface area contributed by atoms with Gasteiger partial charge >= 0.3 is 5.97 Å². The van der Waals surface area contributed by atoms with Crippen LogP contribution in [0.4, 0.5) is 5.95 Å². The maximum absolute atomic E-state index is 12.4. The summed E-state index contributed by atoms with van der Waals surface area (Å²) < 4.78 is 6.53. The molecule has 0 bridgehead atoms. The van der Waals surface area contributed by atoms with E-state index in [4.69, 9.17) is 4.74 Å². The average Bonchev–Trinajstić information content (AvgIpc) is 2.78. The van der Waals surface area contributed by atoms with Gasteiger partial charge in [-0.15, -0.1) is 0 Å². The van der Waals surface area contributed by atoms with E-state index < -0.39 is 5.97 Å². The minimum atomic E-state index is -0.588. The normalized spacial score (nSPS) is 24.3. The van der Waals surface area contributed by atoms with Crippen LogP contribution in [0.15, 0.2) is 11.0 Å². The maximum Gasteiger partial charge on any atom is 0.345 e. The van der Waals surface area contributed by atoms with Crippen LogP contribution in [-0.2, 0) is 4.74 Å². The Bertz CT molecular complexity index is 567. The van der Waals surface area contributed by atoms with E-state index in [9.17, 15) is 9.59 Å². The molecule has 3 rings (SSSR count). The summed E-state index contributed by atoms with van der Waals surface area (Å²) in [6.07, 6.45) is 5.59. The van der Waals surface area contributed by atoms with Crippen molar-refractivity contribution >= 4 is 11.9 Å². The zero-order valence-electron chi connectivity index (χ0n) is 10.9. The zero-order chi connectivity index (χ0) is 13.4. The first-order chi connectivity index (χ1) is 9.22. The van der Waals surface area contributed by atoms with Crippen LogP contribution in [0.2, 0.25) is 0 Å². The molecule has 1 N–H and O–H groups in total. The van der Waals surface area contributed by atoms with Crippen molar-refractivity contribution in [2.24, 2.45) is 0 Å². The Morgan fingerprint density at radius 3 is 3.11 bits per heavy atom. The third-order valence-electron chi connectivity index (χ3n) is 3.86. The third-order valence-corrected chi connectivity index (χ3v) is 3.86. The lowest BCUT2D eigenvalue weighted by molar-refractivity contribution is 0.0522. The van der Waals surface area contributed by atoms with E-state index in [2.05, 4.69) is 10.3 Å². The number of aromatic nitrogens is 2. The SMILES string of the molecule is CCOC(=O)c1cnc2n(c1=O)[C@H]1CCCC[C@@H]1N2. The highest BCUT2D eigenvalue weighted by atomic mass is 16.5. The minimum Gasteiger partial charge on any atom is -0.462 e. The molecule has 2 heterocycles. The highest BCUT2D eigenvalue weighted by Gasteiger charge is 2.36. The molecule has 6 heteroatoms. The Hall–Kier alpha value is -1.85. The lowest BCUT2D eigenvalue weighted by atomic mass is 9.91. The Morgan fingerprint density at radius 2 is 2.32 bits per heavy atom. The van der Waals surface area contributed by atoms with Crippen molar-refractivity contribution < 1.29 is 9.53 Å². The predicted molar refractivity (Wildman–Crippen MR) is 69.4 cm³/mol. The van der Waals surface area contributed by atoms with Gasteiger partial charge in [0.15, 0.2) is 0 Å². The highest BCUT2D eigenvalue weighted by molar-refractivity contribution is 5.88. The van der Waals surface area contributed by atoms with E-state index in [1.54, 1.807) is 11.5 Å². The number of hydrogen-bond donors (Lipinski definition) is 1. The number of hydrogen-bond acceptors (Lipinski definition) is 5. The minimum absolute atomic E-state index is 0.0265. The van der Waals surface area contributed by atoms with E-state index in [-0.39, 0.29) is 29.8 Å². The smallest absolute Gasteiger partial charge is 0.345 e. The highest BCUT2D eigenvalue weighted by Crippen LogP contribution is 2.35. The summed E-state index contributed by atoms with van der Waals surface area (Å²) in [5.41, 5.74) is -0.260. The van der Waals surface area contributed by atoms with Gasteiger partial charge in [0.1, 0.15) is 5.56 Å². The number of carbonyl (C=O) groups excluding carboxylic acids is 1. The number of carbonyl (C=O) groups is 1. The van der Waals surface area contributed by atoms with Gasteiger partial charge < -0.3 is 10.1 Å². The zero-order valence-corrected chi connectivity index (χ0v) is 10.9. The molecule has 0 saturated heterocycles. The largest absolute Gasteiger partial charge is 0.462 e. The van der Waals surface area contributed by atoms with Gasteiger partial charge in [-0.25, -0.2) is 9.78 Å². The van der Waals surface area contributed by atoms with Gasteiger partial charge in [-0.3, -0.25) is 9.36 Å². The molecular formula is C13H17N3O3. The Balaban J connectivity index is 2.02. The lowest BCUT2D eigenvalue weighted by Crippen LogP contribution is -2.32. The van der Waals surface area contributed by atoms with Gasteiger partial charge in [0.25, 0.3) is 5.56 Å². The van der Waals surface area contributed by atoms with Crippen LogP contribution in [-0.4, -0.2) is 28.2 Å². The van der Waals surface area contributed by atoms with E-state index in [1.807, 2.05) is 0 Å². The Morgan fingerprint density at radius 1 is 1.53 bits per heavy atom. The Labute approximate surface area is 110 Å². The van der Waals surface area contributed by atoms with Crippen molar-refractivity contribution in [1.29, 1.82) is 0 Å². The molecule has 0 radical (unpaired) electrons. The molecule has 0 unspecified atom stereocenters. The number of anilines is 1. The molecule has 1 aliphatic carbocycles. The van der Waals surface area contributed by atoms with Crippen LogP contribution in [0.25, 0.3) is 0 Å². The standard InChI is InChI=1S/C13H17N3O3/c1-2-19-12(18)8-7-14-13-15-9-5-3-4-6-10(9)16(13)11(8)17/h7,9-10H,2-6H2,1H3,(H,14,15)/t9-,10-/m0/s1. The van der Waals surface area contributed by atoms with Gasteiger partial charge in [-0.05, 0) is 19.8 Å². The molecular weight excluding hydrogens is 246 g/mol. The maximum atomic E-state index is 12.4. The molecule has 1 aromatic rings. The molecule has 1 saturated carbocycles. The van der Waals surface area contributed by atoms with Gasteiger partial charge in [0, 0.05) is 6.04 Å². The van der Waals surface area contributed by atoms with Crippen molar-refractivity contribution in [2.75, 3.05) is 11.9 Å². The summed E-state index contributed by atoms with van der Waals surface area (Å²) in [5.74, 6) is -0.00971. The van der Waals surface area contributed by atoms with E-state index >= 15 is 0 Å². The summed E-state index contributed by atoms with van der Waals surface area (Å²) >= 11 is 0. The first-order valence-corrected chi connectivity index (χ1v) is 6.77. The number of nitrogens with one attached hydrogen (secondary N) is 1. The molecule has 0 amide bonds. The van der Waals surface area contributed by atoms with Crippen molar-refractivity contribution in [3.8, 4) is 0 Å². The second-order valence-corrected chi connectivity index (χ2v) is 4.99. The van der Waals surface area contributed by atoms with E-state index in [0.717, 1.165) is 19.3 Å². The number of nitrogens with zero attached hydrogens (tertiary/aromatic N) is 2. The van der Waals surface area contributed by atoms with Crippen molar-refractivity contribution in [3.63, 3.8) is 0 Å². The number of rotatable bonds is 2. The topological polar surface area (TPSA) is 73.2 Å². The Kier molecular flexibility index (Phi) is 3.00. The van der Waals surface area contributed by atoms with Gasteiger partial charge in [-0.2, -0.15) is 0 Å². The third kappa shape index (κ3) is 1.91. The monoisotopic (exact) mass is 263 g/mol. The molecule has 1 aliphatic heterocycles. The van der Waals surface area contributed by atoms with E-state index in [1.165, 1.54) is 12.6 Å². The van der Waals surface area contributed by atoms with Crippen LogP contribution in [0.5, 0.6) is 0 Å². The van der Waals surface area contributed by atoms with Crippen LogP contribution in [0.3, 0.4) is 0 Å². The summed E-state index contributed by atoms with van der Waals surface area (Å²) in [4.78, 5) is 28.3. The number of fused-ring (bicyclic) bond motifs is 3. The molecule has 19 heavy (non-hydrogen) atoms. The molecule has 2 aliphatic rings. The number of esters is 1. The predicted octanol–water partition coefficient (Wildman–Crippen LogP) is 1.33. The van der Waals surface area contributed by atoms with Crippen molar-refractivity contribution in [3.05, 3.63) is 22.1 Å². The fourth-order valence-electron chi connectivity index (χ4n) is 2.99. The second kappa shape index (κ2) is 4.68. The van der Waals surface area contributed by atoms with Crippen LogP contribution in [0.1, 0.15) is 49.0 Å².